The van der Waals surface area contributed by atoms with Gasteiger partial charge < -0.3 is 10.3 Å². The number of rotatable bonds is 2. The molecule has 0 aliphatic heterocycles. The predicted octanol–water partition coefficient (Wildman–Crippen LogP) is 3.79. The van der Waals surface area contributed by atoms with Crippen LogP contribution < -0.4 is 5.73 Å². The van der Waals surface area contributed by atoms with E-state index in [0.29, 0.717) is 12.1 Å². The second-order valence-corrected chi connectivity index (χ2v) is 6.73. The van der Waals surface area contributed by atoms with Gasteiger partial charge in [-0.2, -0.15) is 0 Å². The van der Waals surface area contributed by atoms with Gasteiger partial charge in [-0.15, -0.1) is 0 Å². The summed E-state index contributed by atoms with van der Waals surface area (Å²) >= 11 is 0. The summed E-state index contributed by atoms with van der Waals surface area (Å²) < 4.78 is 28.8. The fraction of sp³-hybridized carbons (Fsp3) is 0.412. The Morgan fingerprint density at radius 2 is 2.05 bits per heavy atom. The molecule has 4 heteroatoms. The molecular weight excluding hydrogens is 270 g/mol. The standard InChI is InChI=1S/C17H20F2N2/c1-17(2)8-15(20)13-5-6-21(16(13)9-17)10-11-3-4-12(18)7-14(11)19/h3-7,15H,8-10,20H2,1-2H3. The third kappa shape index (κ3) is 2.72. The molecule has 0 saturated heterocycles. The lowest BCUT2D eigenvalue weighted by atomic mass is 9.74. The Hall–Kier alpha value is -1.68. The van der Waals surface area contributed by atoms with Crippen LogP contribution in [-0.2, 0) is 13.0 Å². The summed E-state index contributed by atoms with van der Waals surface area (Å²) in [5, 5.41) is 0. The summed E-state index contributed by atoms with van der Waals surface area (Å²) in [6, 6.07) is 5.79. The quantitative estimate of drug-likeness (QED) is 0.896. The van der Waals surface area contributed by atoms with Crippen molar-refractivity contribution >= 4 is 0 Å². The molecule has 3 rings (SSSR count). The number of benzene rings is 1. The first kappa shape index (κ1) is 14.3. The first-order valence-electron chi connectivity index (χ1n) is 7.23. The molecule has 0 fully saturated rings. The van der Waals surface area contributed by atoms with E-state index in [4.69, 9.17) is 5.73 Å². The van der Waals surface area contributed by atoms with Crippen molar-refractivity contribution < 1.29 is 8.78 Å². The molecule has 1 unspecified atom stereocenters. The minimum atomic E-state index is -0.547. The van der Waals surface area contributed by atoms with Crippen molar-refractivity contribution in [2.45, 2.75) is 39.3 Å². The monoisotopic (exact) mass is 290 g/mol. The lowest BCUT2D eigenvalue weighted by molar-refractivity contribution is 0.276. The molecule has 1 aromatic carbocycles. The van der Waals surface area contributed by atoms with Gasteiger partial charge in [0.05, 0.1) is 6.54 Å². The molecule has 2 nitrogen and oxygen atoms in total. The van der Waals surface area contributed by atoms with Crippen LogP contribution in [0.5, 0.6) is 0 Å². The minimum Gasteiger partial charge on any atom is -0.347 e. The minimum absolute atomic E-state index is 0.0306. The van der Waals surface area contributed by atoms with Crippen molar-refractivity contribution in [3.05, 3.63) is 58.9 Å². The number of nitrogens with zero attached hydrogens (tertiary/aromatic N) is 1. The van der Waals surface area contributed by atoms with Crippen LogP contribution in [0.15, 0.2) is 30.5 Å². The van der Waals surface area contributed by atoms with Crippen LogP contribution in [0.2, 0.25) is 0 Å². The van der Waals surface area contributed by atoms with Gasteiger partial charge in [-0.05, 0) is 36.0 Å². The van der Waals surface area contributed by atoms with Crippen LogP contribution in [-0.4, -0.2) is 4.57 Å². The second kappa shape index (κ2) is 4.95. The molecular formula is C17H20F2N2. The van der Waals surface area contributed by atoms with Gasteiger partial charge in [0.1, 0.15) is 11.6 Å². The molecule has 0 spiro atoms. The average molecular weight is 290 g/mol. The Balaban J connectivity index is 1.94. The Bertz CT molecular complexity index is 673. The van der Waals surface area contributed by atoms with Gasteiger partial charge in [-0.1, -0.05) is 19.9 Å². The van der Waals surface area contributed by atoms with Gasteiger partial charge in [0, 0.05) is 29.6 Å². The van der Waals surface area contributed by atoms with Crippen LogP contribution in [0.1, 0.15) is 43.1 Å². The smallest absolute Gasteiger partial charge is 0.131 e. The molecule has 1 heterocycles. The molecule has 1 aliphatic carbocycles. The third-order valence-electron chi connectivity index (χ3n) is 4.29. The molecule has 21 heavy (non-hydrogen) atoms. The third-order valence-corrected chi connectivity index (χ3v) is 4.29. The Labute approximate surface area is 123 Å². The van der Waals surface area contributed by atoms with Crippen molar-refractivity contribution in [1.29, 1.82) is 0 Å². The molecule has 1 atom stereocenters. The van der Waals surface area contributed by atoms with Gasteiger partial charge in [0.15, 0.2) is 0 Å². The van der Waals surface area contributed by atoms with Crippen LogP contribution in [0.4, 0.5) is 8.78 Å². The Morgan fingerprint density at radius 1 is 1.29 bits per heavy atom. The van der Waals surface area contributed by atoms with Gasteiger partial charge in [0.25, 0.3) is 0 Å². The molecule has 112 valence electrons. The predicted molar refractivity (Wildman–Crippen MR) is 78.9 cm³/mol. The van der Waals surface area contributed by atoms with E-state index in [0.717, 1.165) is 24.5 Å². The summed E-state index contributed by atoms with van der Waals surface area (Å²) in [5.74, 6) is -1.05. The summed E-state index contributed by atoms with van der Waals surface area (Å²) in [7, 11) is 0. The first-order valence-corrected chi connectivity index (χ1v) is 7.23. The maximum atomic E-state index is 13.8. The van der Waals surface area contributed by atoms with Crippen molar-refractivity contribution in [3.63, 3.8) is 0 Å². The zero-order valence-corrected chi connectivity index (χ0v) is 12.4. The highest BCUT2D eigenvalue weighted by atomic mass is 19.1. The Kier molecular flexibility index (Phi) is 3.36. The summed E-state index contributed by atoms with van der Waals surface area (Å²) in [6.07, 6.45) is 3.83. The lowest BCUT2D eigenvalue weighted by Crippen LogP contribution is -2.30. The summed E-state index contributed by atoms with van der Waals surface area (Å²) in [5.41, 5.74) is 9.20. The molecule has 0 saturated carbocycles. The second-order valence-electron chi connectivity index (χ2n) is 6.73. The maximum absolute atomic E-state index is 13.8. The van der Waals surface area contributed by atoms with Crippen LogP contribution >= 0.6 is 0 Å². The van der Waals surface area contributed by atoms with Gasteiger partial charge >= 0.3 is 0 Å². The molecule has 2 aromatic rings. The summed E-state index contributed by atoms with van der Waals surface area (Å²) in [4.78, 5) is 0. The first-order chi connectivity index (χ1) is 9.85. The number of nitrogens with two attached hydrogens (primary N) is 1. The number of aromatic nitrogens is 1. The van der Waals surface area contributed by atoms with E-state index in [2.05, 4.69) is 13.8 Å². The van der Waals surface area contributed by atoms with Crippen molar-refractivity contribution in [1.82, 2.24) is 4.57 Å². The Morgan fingerprint density at radius 3 is 2.76 bits per heavy atom. The van der Waals surface area contributed by atoms with Crippen LogP contribution in [0, 0.1) is 17.0 Å². The highest BCUT2D eigenvalue weighted by Crippen LogP contribution is 2.40. The lowest BCUT2D eigenvalue weighted by Gasteiger charge is -2.34. The zero-order valence-electron chi connectivity index (χ0n) is 12.4. The molecule has 1 aliphatic rings. The van der Waals surface area contributed by atoms with E-state index in [-0.39, 0.29) is 11.5 Å². The highest BCUT2D eigenvalue weighted by molar-refractivity contribution is 5.31. The molecule has 1 aromatic heterocycles. The van der Waals surface area contributed by atoms with Crippen LogP contribution in [0.3, 0.4) is 0 Å². The topological polar surface area (TPSA) is 30.9 Å². The SMILES string of the molecule is CC1(C)Cc2c(ccn2Cc2ccc(F)cc2F)C(N)C1. The van der Waals surface area contributed by atoms with Crippen molar-refractivity contribution in [2.24, 2.45) is 11.1 Å². The number of halogens is 2. The summed E-state index contributed by atoms with van der Waals surface area (Å²) in [6.45, 7) is 4.81. The number of fused-ring (bicyclic) bond motifs is 1. The van der Waals surface area contributed by atoms with Gasteiger partial charge in [0.2, 0.25) is 0 Å². The zero-order chi connectivity index (χ0) is 15.2. The fourth-order valence-electron chi connectivity index (χ4n) is 3.28. The number of hydrogen-bond donors (Lipinski definition) is 1. The van der Waals surface area contributed by atoms with E-state index in [1.165, 1.54) is 17.8 Å². The van der Waals surface area contributed by atoms with Gasteiger partial charge in [-0.3, -0.25) is 0 Å². The van der Waals surface area contributed by atoms with Gasteiger partial charge in [-0.25, -0.2) is 8.78 Å². The van der Waals surface area contributed by atoms with E-state index >= 15 is 0 Å². The molecule has 0 bridgehead atoms. The normalized spacial score (nSPS) is 20.3. The largest absolute Gasteiger partial charge is 0.347 e. The fourth-order valence-corrected chi connectivity index (χ4v) is 3.28. The van der Waals surface area contributed by atoms with E-state index < -0.39 is 11.6 Å². The molecule has 0 radical (unpaired) electrons. The highest BCUT2D eigenvalue weighted by Gasteiger charge is 2.32. The van der Waals surface area contributed by atoms with E-state index in [1.54, 1.807) is 0 Å². The van der Waals surface area contributed by atoms with E-state index in [1.807, 2.05) is 16.8 Å². The maximum Gasteiger partial charge on any atom is 0.131 e. The van der Waals surface area contributed by atoms with Crippen molar-refractivity contribution in [2.75, 3.05) is 0 Å². The average Bonchev–Trinajstić information content (AvgIpc) is 2.74. The number of hydrogen-bond acceptors (Lipinski definition) is 1. The van der Waals surface area contributed by atoms with Crippen molar-refractivity contribution in [3.8, 4) is 0 Å². The molecule has 0 amide bonds. The van der Waals surface area contributed by atoms with Crippen LogP contribution in [0.25, 0.3) is 0 Å². The molecule has 2 N–H and O–H groups in total. The van der Waals surface area contributed by atoms with E-state index in [9.17, 15) is 8.78 Å².